The Hall–Kier alpha value is -3.26. The van der Waals surface area contributed by atoms with Gasteiger partial charge in [0.2, 0.25) is 23.6 Å². The zero-order chi connectivity index (χ0) is 27.1. The number of hydrogen-bond acceptors (Lipinski definition) is 8. The first-order chi connectivity index (χ1) is 16.3. The molecule has 11 N–H and O–H groups in total. The van der Waals surface area contributed by atoms with Crippen molar-refractivity contribution in [1.29, 1.82) is 0 Å². The Morgan fingerprint density at radius 1 is 0.857 bits per heavy atom. The van der Waals surface area contributed by atoms with Crippen molar-refractivity contribution in [2.24, 2.45) is 23.1 Å². The van der Waals surface area contributed by atoms with Crippen molar-refractivity contribution in [2.75, 3.05) is 6.54 Å². The van der Waals surface area contributed by atoms with Gasteiger partial charge in [0, 0.05) is 6.42 Å². The molecule has 0 aliphatic heterocycles. The van der Waals surface area contributed by atoms with Gasteiger partial charge in [0.05, 0.1) is 12.5 Å². The number of unbranched alkanes of at least 4 members (excludes halogenated alkanes) is 1. The predicted molar refractivity (Wildman–Crippen MR) is 124 cm³/mol. The van der Waals surface area contributed by atoms with E-state index in [1.54, 1.807) is 13.8 Å². The molecule has 0 rings (SSSR count). The van der Waals surface area contributed by atoms with Crippen LogP contribution in [0.4, 0.5) is 0 Å². The number of hydrogen-bond donors (Lipinski definition) is 8. The standard InChI is InChI=1S/C21H38N6O8/c1-3-11(2)17(20(33)26-14(21(34)35)6-4-5-9-22)27-19(32)13(7-8-15(24)28)25-18(31)12(23)10-16(29)30/h11-14,17H,3-10,22-23H2,1-2H3,(H2,24,28)(H,25,31)(H,26,33)(H,27,32)(H,29,30)(H,34,35). The molecule has 200 valence electrons. The number of nitrogens with two attached hydrogens (primary N) is 3. The molecule has 35 heavy (non-hydrogen) atoms. The lowest BCUT2D eigenvalue weighted by atomic mass is 9.96. The summed E-state index contributed by atoms with van der Waals surface area (Å²) in [6.45, 7) is 3.82. The van der Waals surface area contributed by atoms with Crippen LogP contribution in [0, 0.1) is 5.92 Å². The number of aliphatic carboxylic acids is 2. The number of carboxylic acids is 2. The van der Waals surface area contributed by atoms with Crippen molar-refractivity contribution in [3.63, 3.8) is 0 Å². The van der Waals surface area contributed by atoms with Crippen LogP contribution in [0.5, 0.6) is 0 Å². The Balaban J connectivity index is 5.58. The molecule has 0 spiro atoms. The molecule has 0 bridgehead atoms. The van der Waals surface area contributed by atoms with E-state index in [2.05, 4.69) is 16.0 Å². The van der Waals surface area contributed by atoms with Crippen LogP contribution in [0.15, 0.2) is 0 Å². The van der Waals surface area contributed by atoms with Crippen LogP contribution >= 0.6 is 0 Å². The minimum atomic E-state index is -1.45. The fraction of sp³-hybridized carbons (Fsp3) is 0.714. The van der Waals surface area contributed by atoms with Gasteiger partial charge in [-0.05, 0) is 38.1 Å². The summed E-state index contributed by atoms with van der Waals surface area (Å²) in [7, 11) is 0. The molecule has 0 aliphatic carbocycles. The minimum absolute atomic E-state index is 0.151. The van der Waals surface area contributed by atoms with Gasteiger partial charge in [-0.3, -0.25) is 24.0 Å². The fourth-order valence-electron chi connectivity index (χ4n) is 3.08. The molecule has 0 fully saturated rings. The molecule has 0 saturated carbocycles. The molecule has 0 aliphatic rings. The molecule has 14 nitrogen and oxygen atoms in total. The van der Waals surface area contributed by atoms with E-state index in [1.165, 1.54) is 0 Å². The van der Waals surface area contributed by atoms with Crippen LogP contribution < -0.4 is 33.2 Å². The van der Waals surface area contributed by atoms with Gasteiger partial charge < -0.3 is 43.4 Å². The monoisotopic (exact) mass is 502 g/mol. The summed E-state index contributed by atoms with van der Waals surface area (Å²) < 4.78 is 0. The van der Waals surface area contributed by atoms with Gasteiger partial charge in [0.15, 0.2) is 0 Å². The maximum atomic E-state index is 13.0. The summed E-state index contributed by atoms with van der Waals surface area (Å²) in [4.78, 5) is 71.7. The lowest BCUT2D eigenvalue weighted by molar-refractivity contribution is -0.143. The van der Waals surface area contributed by atoms with Crippen molar-refractivity contribution in [3.8, 4) is 0 Å². The second kappa shape index (κ2) is 16.4. The molecule has 4 amide bonds. The molecular formula is C21H38N6O8. The van der Waals surface area contributed by atoms with E-state index in [0.29, 0.717) is 25.8 Å². The molecule has 0 saturated heterocycles. The van der Waals surface area contributed by atoms with E-state index >= 15 is 0 Å². The topological polar surface area (TPSA) is 257 Å². The summed E-state index contributed by atoms with van der Waals surface area (Å²) in [5, 5.41) is 25.4. The fourth-order valence-corrected chi connectivity index (χ4v) is 3.08. The van der Waals surface area contributed by atoms with Crippen molar-refractivity contribution < 1.29 is 39.0 Å². The van der Waals surface area contributed by atoms with Crippen LogP contribution in [0.25, 0.3) is 0 Å². The molecule has 0 aromatic heterocycles. The van der Waals surface area contributed by atoms with Gasteiger partial charge in [-0.25, -0.2) is 4.79 Å². The third kappa shape index (κ3) is 12.7. The van der Waals surface area contributed by atoms with Crippen molar-refractivity contribution >= 4 is 35.6 Å². The zero-order valence-corrected chi connectivity index (χ0v) is 20.1. The van der Waals surface area contributed by atoms with Crippen LogP contribution in [0.2, 0.25) is 0 Å². The molecule has 0 aromatic carbocycles. The predicted octanol–water partition coefficient (Wildman–Crippen LogP) is -2.23. The largest absolute Gasteiger partial charge is 0.481 e. The highest BCUT2D eigenvalue weighted by Gasteiger charge is 2.33. The van der Waals surface area contributed by atoms with Crippen molar-refractivity contribution in [2.45, 2.75) is 83.0 Å². The number of rotatable bonds is 18. The highest BCUT2D eigenvalue weighted by Crippen LogP contribution is 2.11. The highest BCUT2D eigenvalue weighted by molar-refractivity contribution is 5.95. The van der Waals surface area contributed by atoms with Crippen LogP contribution in [-0.2, 0) is 28.8 Å². The number of nitrogens with one attached hydrogen (secondary N) is 3. The lowest BCUT2D eigenvalue weighted by Crippen LogP contribution is -2.58. The summed E-state index contributed by atoms with van der Waals surface area (Å²) in [5.74, 6) is -6.22. The maximum Gasteiger partial charge on any atom is 0.326 e. The lowest BCUT2D eigenvalue weighted by Gasteiger charge is -2.28. The molecule has 0 radical (unpaired) electrons. The average molecular weight is 503 g/mol. The average Bonchev–Trinajstić information content (AvgIpc) is 2.77. The second-order valence-corrected chi connectivity index (χ2v) is 8.33. The van der Waals surface area contributed by atoms with Gasteiger partial charge in [-0.15, -0.1) is 0 Å². The quantitative estimate of drug-likeness (QED) is 0.0935. The zero-order valence-electron chi connectivity index (χ0n) is 20.1. The van der Waals surface area contributed by atoms with E-state index in [0.717, 1.165) is 0 Å². The summed E-state index contributed by atoms with van der Waals surface area (Å²) in [6, 6.07) is -5.12. The number of carboxylic acid groups (broad SMARTS) is 2. The molecule has 0 aromatic rings. The Labute approximate surface area is 203 Å². The highest BCUT2D eigenvalue weighted by atomic mass is 16.4. The van der Waals surface area contributed by atoms with E-state index in [1.807, 2.05) is 0 Å². The van der Waals surface area contributed by atoms with Gasteiger partial charge in [0.1, 0.15) is 18.1 Å². The van der Waals surface area contributed by atoms with Gasteiger partial charge in [-0.2, -0.15) is 0 Å². The normalized spacial score (nSPS) is 15.1. The van der Waals surface area contributed by atoms with Gasteiger partial charge >= 0.3 is 11.9 Å². The van der Waals surface area contributed by atoms with Crippen LogP contribution in [-0.4, -0.2) is 76.5 Å². The molecule has 0 heterocycles. The Kier molecular flexibility index (Phi) is 14.9. The molecule has 5 atom stereocenters. The van der Waals surface area contributed by atoms with Crippen LogP contribution in [0.3, 0.4) is 0 Å². The van der Waals surface area contributed by atoms with Gasteiger partial charge in [-0.1, -0.05) is 20.3 Å². The SMILES string of the molecule is CCC(C)C(NC(=O)C(CCC(N)=O)NC(=O)C(N)CC(=O)O)C(=O)NC(CCCCN)C(=O)O. The van der Waals surface area contributed by atoms with E-state index in [9.17, 15) is 33.9 Å². The number of amides is 4. The minimum Gasteiger partial charge on any atom is -0.481 e. The van der Waals surface area contributed by atoms with E-state index < -0.39 is 72.1 Å². The number of carbonyl (C=O) groups excluding carboxylic acids is 4. The second-order valence-electron chi connectivity index (χ2n) is 8.33. The number of carbonyl (C=O) groups is 6. The van der Waals surface area contributed by atoms with E-state index in [4.69, 9.17) is 22.3 Å². The van der Waals surface area contributed by atoms with Crippen molar-refractivity contribution in [1.82, 2.24) is 16.0 Å². The van der Waals surface area contributed by atoms with E-state index in [-0.39, 0.29) is 19.3 Å². The molecule has 14 heteroatoms. The first-order valence-corrected chi connectivity index (χ1v) is 11.4. The van der Waals surface area contributed by atoms with Crippen LogP contribution in [0.1, 0.15) is 58.8 Å². The Morgan fingerprint density at radius 2 is 1.46 bits per heavy atom. The molecular weight excluding hydrogens is 464 g/mol. The number of primary amides is 1. The first kappa shape index (κ1) is 31.7. The Bertz CT molecular complexity index is 762. The Morgan fingerprint density at radius 3 is 1.94 bits per heavy atom. The molecule has 5 unspecified atom stereocenters. The third-order valence-corrected chi connectivity index (χ3v) is 5.40. The maximum absolute atomic E-state index is 13.0. The summed E-state index contributed by atoms with van der Waals surface area (Å²) in [5.41, 5.74) is 16.1. The third-order valence-electron chi connectivity index (χ3n) is 5.40. The summed E-state index contributed by atoms with van der Waals surface area (Å²) >= 11 is 0. The van der Waals surface area contributed by atoms with Crippen molar-refractivity contribution in [3.05, 3.63) is 0 Å². The van der Waals surface area contributed by atoms with Gasteiger partial charge in [0.25, 0.3) is 0 Å². The smallest absolute Gasteiger partial charge is 0.326 e. The first-order valence-electron chi connectivity index (χ1n) is 11.4. The summed E-state index contributed by atoms with van der Waals surface area (Å²) in [6.07, 6.45) is 0.466.